The molecule has 1 N–H and O–H groups in total. The molecule has 0 aliphatic rings. The van der Waals surface area contributed by atoms with Crippen LogP contribution in [0.25, 0.3) is 5.69 Å². The Morgan fingerprint density at radius 1 is 1.37 bits per heavy atom. The van der Waals surface area contributed by atoms with E-state index in [1.54, 1.807) is 22.9 Å². The lowest BCUT2D eigenvalue weighted by Crippen LogP contribution is -2.17. The largest absolute Gasteiger partial charge is 0.337 e. The van der Waals surface area contributed by atoms with E-state index in [2.05, 4.69) is 4.98 Å². The summed E-state index contributed by atoms with van der Waals surface area (Å²) in [6.45, 7) is 6.09. The van der Waals surface area contributed by atoms with Crippen molar-refractivity contribution in [3.05, 3.63) is 46.2 Å². The van der Waals surface area contributed by atoms with Gasteiger partial charge >= 0.3 is 0 Å². The Morgan fingerprint density at radius 3 is 2.58 bits per heavy atom. The van der Waals surface area contributed by atoms with Crippen molar-refractivity contribution < 1.29 is 4.39 Å². The van der Waals surface area contributed by atoms with Gasteiger partial charge in [0.05, 0.1) is 17.3 Å². The van der Waals surface area contributed by atoms with E-state index >= 15 is 0 Å². The standard InChI is InChI=1S/C14H14FN3S/c1-14(2,3)12-8-17-13(19)18(12)11-5-4-9(7-16)6-10(11)15/h4-6,8H,1-3H3,(H,17,19). The predicted molar refractivity (Wildman–Crippen MR) is 74.3 cm³/mol. The lowest BCUT2D eigenvalue weighted by Gasteiger charge is -2.21. The van der Waals surface area contributed by atoms with Crippen LogP contribution in [-0.2, 0) is 5.41 Å². The molecule has 98 valence electrons. The fourth-order valence-electron chi connectivity index (χ4n) is 1.92. The van der Waals surface area contributed by atoms with Crippen molar-refractivity contribution in [2.75, 3.05) is 0 Å². The average Bonchev–Trinajstić information content (AvgIpc) is 2.71. The number of aromatic nitrogens is 2. The van der Waals surface area contributed by atoms with E-state index in [0.29, 0.717) is 16.0 Å². The molecule has 0 bridgehead atoms. The third-order valence-corrected chi connectivity index (χ3v) is 3.16. The number of hydrogen-bond donors (Lipinski definition) is 1. The van der Waals surface area contributed by atoms with Gasteiger partial charge in [-0.25, -0.2) is 4.39 Å². The fourth-order valence-corrected chi connectivity index (χ4v) is 2.17. The molecule has 0 saturated carbocycles. The van der Waals surface area contributed by atoms with Crippen molar-refractivity contribution in [1.29, 1.82) is 5.26 Å². The van der Waals surface area contributed by atoms with Crippen LogP contribution < -0.4 is 0 Å². The molecule has 0 atom stereocenters. The summed E-state index contributed by atoms with van der Waals surface area (Å²) in [5, 5.41) is 8.77. The molecule has 0 unspecified atom stereocenters. The maximum Gasteiger partial charge on any atom is 0.182 e. The van der Waals surface area contributed by atoms with Crippen LogP contribution >= 0.6 is 12.2 Å². The van der Waals surface area contributed by atoms with Gasteiger partial charge in [0.1, 0.15) is 5.82 Å². The second-order valence-electron chi connectivity index (χ2n) is 5.34. The van der Waals surface area contributed by atoms with E-state index in [0.717, 1.165) is 5.69 Å². The highest BCUT2D eigenvalue weighted by atomic mass is 32.1. The van der Waals surface area contributed by atoms with Crippen molar-refractivity contribution in [1.82, 2.24) is 9.55 Å². The van der Waals surface area contributed by atoms with Gasteiger partial charge in [0.15, 0.2) is 4.77 Å². The van der Waals surface area contributed by atoms with Gasteiger partial charge < -0.3 is 4.98 Å². The zero-order valence-electron chi connectivity index (χ0n) is 11.0. The molecule has 3 nitrogen and oxygen atoms in total. The number of hydrogen-bond acceptors (Lipinski definition) is 2. The number of rotatable bonds is 1. The number of halogens is 1. The highest BCUT2D eigenvalue weighted by Crippen LogP contribution is 2.26. The molecule has 0 amide bonds. The third-order valence-electron chi connectivity index (χ3n) is 2.86. The third kappa shape index (κ3) is 2.45. The van der Waals surface area contributed by atoms with Crippen LogP contribution in [0.5, 0.6) is 0 Å². The summed E-state index contributed by atoms with van der Waals surface area (Å²) >= 11 is 5.22. The van der Waals surface area contributed by atoms with Crippen LogP contribution in [0.15, 0.2) is 24.4 Å². The first kappa shape index (κ1) is 13.5. The van der Waals surface area contributed by atoms with E-state index in [1.807, 2.05) is 26.8 Å². The van der Waals surface area contributed by atoms with Gasteiger partial charge in [0.25, 0.3) is 0 Å². The Labute approximate surface area is 116 Å². The first-order chi connectivity index (χ1) is 8.84. The first-order valence-electron chi connectivity index (χ1n) is 5.85. The van der Waals surface area contributed by atoms with Gasteiger partial charge in [-0.15, -0.1) is 0 Å². The Kier molecular flexibility index (Phi) is 3.29. The SMILES string of the molecule is CC(C)(C)c1c[nH]c(=S)n1-c1ccc(C#N)cc1F. The smallest absolute Gasteiger partial charge is 0.182 e. The normalized spacial score (nSPS) is 11.3. The molecule has 0 aliphatic heterocycles. The second kappa shape index (κ2) is 4.63. The van der Waals surface area contributed by atoms with E-state index in [-0.39, 0.29) is 5.41 Å². The Hall–Kier alpha value is -1.93. The van der Waals surface area contributed by atoms with Crippen molar-refractivity contribution in [2.24, 2.45) is 0 Å². The zero-order valence-corrected chi connectivity index (χ0v) is 11.8. The van der Waals surface area contributed by atoms with Gasteiger partial charge in [-0.1, -0.05) is 20.8 Å². The van der Waals surface area contributed by atoms with E-state index in [1.165, 1.54) is 6.07 Å². The maximum absolute atomic E-state index is 14.1. The molecule has 5 heteroatoms. The molecule has 0 radical (unpaired) electrons. The molecule has 0 fully saturated rings. The van der Waals surface area contributed by atoms with E-state index < -0.39 is 5.82 Å². The molecule has 1 heterocycles. The molecule has 2 rings (SSSR count). The molecule has 0 aliphatic carbocycles. The van der Waals surface area contributed by atoms with Crippen LogP contribution in [0.4, 0.5) is 4.39 Å². The molecule has 19 heavy (non-hydrogen) atoms. The topological polar surface area (TPSA) is 44.5 Å². The summed E-state index contributed by atoms with van der Waals surface area (Å²) in [6, 6.07) is 6.29. The summed E-state index contributed by atoms with van der Waals surface area (Å²) in [6.07, 6.45) is 1.79. The monoisotopic (exact) mass is 275 g/mol. The van der Waals surface area contributed by atoms with Crippen LogP contribution in [-0.4, -0.2) is 9.55 Å². The number of H-pyrrole nitrogens is 1. The van der Waals surface area contributed by atoms with E-state index in [9.17, 15) is 4.39 Å². The molecule has 0 saturated heterocycles. The van der Waals surface area contributed by atoms with Crippen molar-refractivity contribution in [3.8, 4) is 11.8 Å². The minimum absolute atomic E-state index is 0.173. The van der Waals surface area contributed by atoms with Gasteiger partial charge in [-0.05, 0) is 30.4 Å². The zero-order chi connectivity index (χ0) is 14.2. The second-order valence-corrected chi connectivity index (χ2v) is 5.73. The minimum atomic E-state index is -0.458. The van der Waals surface area contributed by atoms with Crippen molar-refractivity contribution in [3.63, 3.8) is 0 Å². The minimum Gasteiger partial charge on any atom is -0.337 e. The molecule has 0 spiro atoms. The Morgan fingerprint density at radius 2 is 2.05 bits per heavy atom. The number of nitrogens with zero attached hydrogens (tertiary/aromatic N) is 2. The molecule has 2 aromatic rings. The number of nitrogens with one attached hydrogen (secondary N) is 1. The van der Waals surface area contributed by atoms with Crippen molar-refractivity contribution >= 4 is 12.2 Å². The lowest BCUT2D eigenvalue weighted by atomic mass is 9.92. The molecule has 1 aromatic heterocycles. The number of benzene rings is 1. The highest BCUT2D eigenvalue weighted by molar-refractivity contribution is 7.71. The van der Waals surface area contributed by atoms with E-state index in [4.69, 9.17) is 17.5 Å². The summed E-state index contributed by atoms with van der Waals surface area (Å²) in [4.78, 5) is 2.94. The summed E-state index contributed by atoms with van der Waals surface area (Å²) in [5.41, 5.74) is 1.37. The highest BCUT2D eigenvalue weighted by Gasteiger charge is 2.21. The number of imidazole rings is 1. The van der Waals surface area contributed by atoms with Crippen LogP contribution in [0.1, 0.15) is 32.0 Å². The summed E-state index contributed by atoms with van der Waals surface area (Å²) in [5.74, 6) is -0.458. The molecular weight excluding hydrogens is 261 g/mol. The summed E-state index contributed by atoms with van der Waals surface area (Å²) < 4.78 is 16.2. The molecular formula is C14H14FN3S. The van der Waals surface area contributed by atoms with Crippen LogP contribution in [0, 0.1) is 21.9 Å². The quantitative estimate of drug-likeness (QED) is 0.803. The van der Waals surface area contributed by atoms with Crippen molar-refractivity contribution in [2.45, 2.75) is 26.2 Å². The lowest BCUT2D eigenvalue weighted by molar-refractivity contribution is 0.546. The maximum atomic E-state index is 14.1. The predicted octanol–water partition coefficient (Wildman–Crippen LogP) is 3.84. The summed E-state index contributed by atoms with van der Waals surface area (Å²) in [7, 11) is 0. The Bertz CT molecular complexity index is 714. The van der Waals surface area contributed by atoms with Gasteiger partial charge in [-0.3, -0.25) is 4.57 Å². The Balaban J connectivity index is 2.70. The number of aromatic amines is 1. The van der Waals surface area contributed by atoms with Gasteiger partial charge in [0, 0.05) is 17.3 Å². The van der Waals surface area contributed by atoms with Crippen LogP contribution in [0.2, 0.25) is 0 Å². The molecule has 1 aromatic carbocycles. The average molecular weight is 275 g/mol. The number of nitriles is 1. The van der Waals surface area contributed by atoms with Gasteiger partial charge in [-0.2, -0.15) is 5.26 Å². The van der Waals surface area contributed by atoms with Crippen LogP contribution in [0.3, 0.4) is 0 Å². The van der Waals surface area contributed by atoms with Gasteiger partial charge in [0.2, 0.25) is 0 Å². The first-order valence-corrected chi connectivity index (χ1v) is 6.26. The fraction of sp³-hybridized carbons (Fsp3) is 0.286.